The topological polar surface area (TPSA) is 66.4 Å². The molecule has 1 aromatic carbocycles. The Morgan fingerprint density at radius 1 is 1.31 bits per heavy atom. The second-order valence-electron chi connectivity index (χ2n) is 3.31. The van der Waals surface area contributed by atoms with Gasteiger partial charge in [0.1, 0.15) is 0 Å². The number of benzene rings is 1. The first-order valence-corrected chi connectivity index (χ1v) is 6.68. The highest BCUT2D eigenvalue weighted by atomic mass is 35.5. The van der Waals surface area contributed by atoms with Gasteiger partial charge in [-0.1, -0.05) is 23.2 Å². The van der Waals surface area contributed by atoms with Crippen molar-refractivity contribution in [2.24, 2.45) is 0 Å². The van der Waals surface area contributed by atoms with Crippen LogP contribution in [0.4, 0.5) is 0 Å². The van der Waals surface area contributed by atoms with Crippen LogP contribution < -0.4 is 4.72 Å². The number of halogens is 2. The minimum Gasteiger partial charge on any atom is -0.395 e. The van der Waals surface area contributed by atoms with Crippen LogP contribution in [-0.2, 0) is 10.0 Å². The number of aliphatic hydroxyl groups excluding tert-OH is 1. The van der Waals surface area contributed by atoms with Crippen molar-refractivity contribution in [3.63, 3.8) is 0 Å². The SMILES string of the molecule is C[C@H](CO)NS(=O)(=O)c1cc(Cl)cc(Cl)c1. The van der Waals surface area contributed by atoms with Gasteiger partial charge in [-0.15, -0.1) is 0 Å². The molecule has 2 N–H and O–H groups in total. The quantitative estimate of drug-likeness (QED) is 0.883. The van der Waals surface area contributed by atoms with Crippen LogP contribution in [0.25, 0.3) is 0 Å². The van der Waals surface area contributed by atoms with Gasteiger partial charge in [0.05, 0.1) is 11.5 Å². The summed E-state index contributed by atoms with van der Waals surface area (Å²) in [6.07, 6.45) is 0. The Bertz CT molecular complexity index is 455. The molecule has 0 saturated heterocycles. The second kappa shape index (κ2) is 5.33. The molecule has 16 heavy (non-hydrogen) atoms. The van der Waals surface area contributed by atoms with Crippen LogP contribution in [0.15, 0.2) is 23.1 Å². The second-order valence-corrected chi connectivity index (χ2v) is 5.90. The summed E-state index contributed by atoms with van der Waals surface area (Å²) in [5.74, 6) is 0. The summed E-state index contributed by atoms with van der Waals surface area (Å²) in [6, 6.07) is 3.46. The Morgan fingerprint density at radius 3 is 2.25 bits per heavy atom. The maximum atomic E-state index is 11.8. The molecule has 0 fully saturated rings. The van der Waals surface area contributed by atoms with E-state index in [0.29, 0.717) is 0 Å². The highest BCUT2D eigenvalue weighted by Gasteiger charge is 2.17. The molecular weight excluding hydrogens is 273 g/mol. The monoisotopic (exact) mass is 283 g/mol. The lowest BCUT2D eigenvalue weighted by atomic mass is 10.4. The van der Waals surface area contributed by atoms with Gasteiger partial charge in [-0.05, 0) is 25.1 Å². The lowest BCUT2D eigenvalue weighted by Gasteiger charge is -2.11. The van der Waals surface area contributed by atoms with Crippen molar-refractivity contribution >= 4 is 33.2 Å². The highest BCUT2D eigenvalue weighted by Crippen LogP contribution is 2.22. The molecule has 1 atom stereocenters. The van der Waals surface area contributed by atoms with E-state index in [-0.39, 0.29) is 21.5 Å². The molecule has 0 saturated carbocycles. The summed E-state index contributed by atoms with van der Waals surface area (Å²) in [5.41, 5.74) is 0. The number of sulfonamides is 1. The van der Waals surface area contributed by atoms with Gasteiger partial charge < -0.3 is 5.11 Å². The Kier molecular flexibility index (Phi) is 4.58. The lowest BCUT2D eigenvalue weighted by Crippen LogP contribution is -2.34. The molecule has 4 nitrogen and oxygen atoms in total. The molecule has 0 aliphatic carbocycles. The Balaban J connectivity index is 3.07. The maximum absolute atomic E-state index is 11.8. The Morgan fingerprint density at radius 2 is 1.81 bits per heavy atom. The van der Waals surface area contributed by atoms with Gasteiger partial charge in [0.25, 0.3) is 0 Å². The van der Waals surface area contributed by atoms with Crippen molar-refractivity contribution in [1.29, 1.82) is 0 Å². The zero-order chi connectivity index (χ0) is 12.3. The first-order chi connectivity index (χ1) is 7.35. The molecule has 0 heterocycles. The van der Waals surface area contributed by atoms with Gasteiger partial charge in [0, 0.05) is 16.1 Å². The average Bonchev–Trinajstić information content (AvgIpc) is 2.15. The first kappa shape index (κ1) is 13.7. The zero-order valence-electron chi connectivity index (χ0n) is 8.44. The van der Waals surface area contributed by atoms with Crippen molar-refractivity contribution in [2.45, 2.75) is 17.9 Å². The van der Waals surface area contributed by atoms with Crippen LogP contribution in [0.2, 0.25) is 10.0 Å². The number of nitrogens with one attached hydrogen (secondary N) is 1. The summed E-state index contributed by atoms with van der Waals surface area (Å²) >= 11 is 11.4. The first-order valence-electron chi connectivity index (χ1n) is 4.44. The van der Waals surface area contributed by atoms with Crippen LogP contribution in [0.5, 0.6) is 0 Å². The van der Waals surface area contributed by atoms with Crippen molar-refractivity contribution in [3.05, 3.63) is 28.2 Å². The van der Waals surface area contributed by atoms with E-state index < -0.39 is 16.1 Å². The van der Waals surface area contributed by atoms with E-state index >= 15 is 0 Å². The number of aliphatic hydroxyl groups is 1. The van der Waals surface area contributed by atoms with Crippen LogP contribution in [-0.4, -0.2) is 26.2 Å². The van der Waals surface area contributed by atoms with Crippen LogP contribution in [0, 0.1) is 0 Å². The summed E-state index contributed by atoms with van der Waals surface area (Å²) in [7, 11) is -3.70. The largest absolute Gasteiger partial charge is 0.395 e. The van der Waals surface area contributed by atoms with Crippen molar-refractivity contribution in [2.75, 3.05) is 6.61 Å². The van der Waals surface area contributed by atoms with Crippen LogP contribution >= 0.6 is 23.2 Å². The van der Waals surface area contributed by atoms with E-state index in [2.05, 4.69) is 4.72 Å². The molecule has 0 radical (unpaired) electrons. The van der Waals surface area contributed by atoms with E-state index in [9.17, 15) is 8.42 Å². The number of hydrogen-bond donors (Lipinski definition) is 2. The third-order valence-corrected chi connectivity index (χ3v) is 3.78. The zero-order valence-corrected chi connectivity index (χ0v) is 10.8. The fourth-order valence-electron chi connectivity index (χ4n) is 1.05. The molecular formula is C9H11Cl2NO3S. The van der Waals surface area contributed by atoms with Crippen molar-refractivity contribution < 1.29 is 13.5 Å². The lowest BCUT2D eigenvalue weighted by molar-refractivity contribution is 0.265. The number of hydrogen-bond acceptors (Lipinski definition) is 3. The normalized spacial score (nSPS) is 13.8. The van der Waals surface area contributed by atoms with E-state index in [1.54, 1.807) is 6.92 Å². The highest BCUT2D eigenvalue weighted by molar-refractivity contribution is 7.89. The molecule has 0 unspecified atom stereocenters. The maximum Gasteiger partial charge on any atom is 0.240 e. The summed E-state index contributed by atoms with van der Waals surface area (Å²) in [6.45, 7) is 1.26. The van der Waals surface area contributed by atoms with Crippen molar-refractivity contribution in [3.8, 4) is 0 Å². The van der Waals surface area contributed by atoms with E-state index in [4.69, 9.17) is 28.3 Å². The molecule has 1 aromatic rings. The third kappa shape index (κ3) is 3.61. The summed E-state index contributed by atoms with van der Waals surface area (Å²) in [4.78, 5) is -0.0229. The standard InChI is InChI=1S/C9H11Cl2NO3S/c1-6(5-13)12-16(14,15)9-3-7(10)2-8(11)4-9/h2-4,6,12-13H,5H2,1H3/t6-/m1/s1. The molecule has 0 amide bonds. The molecule has 0 aliphatic rings. The van der Waals surface area contributed by atoms with Gasteiger partial charge in [0.2, 0.25) is 10.0 Å². The predicted molar refractivity (Wildman–Crippen MR) is 63.3 cm³/mol. The van der Waals surface area contributed by atoms with Gasteiger partial charge in [-0.3, -0.25) is 0 Å². The van der Waals surface area contributed by atoms with Gasteiger partial charge in [0.15, 0.2) is 0 Å². The molecule has 0 aliphatic heterocycles. The van der Waals surface area contributed by atoms with Gasteiger partial charge in [-0.25, -0.2) is 13.1 Å². The van der Waals surface area contributed by atoms with Crippen molar-refractivity contribution in [1.82, 2.24) is 4.72 Å². The van der Waals surface area contributed by atoms with Crippen LogP contribution in [0.3, 0.4) is 0 Å². The minimum absolute atomic E-state index is 0.0229. The molecule has 0 aromatic heterocycles. The summed E-state index contributed by atoms with van der Waals surface area (Å²) < 4.78 is 25.8. The van der Waals surface area contributed by atoms with E-state index in [0.717, 1.165) is 0 Å². The Labute approximate surface area is 104 Å². The minimum atomic E-state index is -3.70. The number of rotatable bonds is 4. The van der Waals surface area contributed by atoms with E-state index in [1.807, 2.05) is 0 Å². The fraction of sp³-hybridized carbons (Fsp3) is 0.333. The smallest absolute Gasteiger partial charge is 0.240 e. The van der Waals surface area contributed by atoms with Crippen LogP contribution in [0.1, 0.15) is 6.92 Å². The molecule has 90 valence electrons. The fourth-order valence-corrected chi connectivity index (χ4v) is 3.01. The molecule has 0 bridgehead atoms. The molecule has 7 heteroatoms. The van der Waals surface area contributed by atoms with E-state index in [1.165, 1.54) is 18.2 Å². The molecule has 1 rings (SSSR count). The van der Waals surface area contributed by atoms with Gasteiger partial charge >= 0.3 is 0 Å². The van der Waals surface area contributed by atoms with Gasteiger partial charge in [-0.2, -0.15) is 0 Å². The molecule has 0 spiro atoms. The third-order valence-electron chi connectivity index (χ3n) is 1.78. The average molecular weight is 284 g/mol. The Hall–Kier alpha value is -0.330. The summed E-state index contributed by atoms with van der Waals surface area (Å²) in [5, 5.41) is 9.26. The predicted octanol–water partition coefficient (Wildman–Crippen LogP) is 1.65.